The summed E-state index contributed by atoms with van der Waals surface area (Å²) in [6.45, 7) is 2.33. The fourth-order valence-corrected chi connectivity index (χ4v) is 3.14. The van der Waals surface area contributed by atoms with Crippen molar-refractivity contribution in [1.82, 2.24) is 4.90 Å². The molecule has 0 bridgehead atoms. The van der Waals surface area contributed by atoms with Crippen LogP contribution in [0.1, 0.15) is 24.8 Å². The molecule has 0 radical (unpaired) electrons. The zero-order valence-electron chi connectivity index (χ0n) is 12.4. The van der Waals surface area contributed by atoms with Crippen LogP contribution in [0, 0.1) is 0 Å². The van der Waals surface area contributed by atoms with E-state index in [1.54, 1.807) is 0 Å². The van der Waals surface area contributed by atoms with Gasteiger partial charge < -0.3 is 5.11 Å². The molecule has 1 aliphatic heterocycles. The van der Waals surface area contributed by atoms with Crippen LogP contribution in [0.3, 0.4) is 0 Å². The first kappa shape index (κ1) is 14.3. The van der Waals surface area contributed by atoms with Gasteiger partial charge in [-0.2, -0.15) is 0 Å². The Bertz CT molecular complexity index is 550. The van der Waals surface area contributed by atoms with Crippen LogP contribution in [-0.4, -0.2) is 29.2 Å². The van der Waals surface area contributed by atoms with E-state index in [4.69, 9.17) is 0 Å². The predicted octanol–water partition coefficient (Wildman–Crippen LogP) is 3.70. The molecule has 2 nitrogen and oxygen atoms in total. The molecule has 1 saturated heterocycles. The van der Waals surface area contributed by atoms with Crippen molar-refractivity contribution in [2.75, 3.05) is 13.2 Å². The van der Waals surface area contributed by atoms with E-state index in [1.165, 1.54) is 29.5 Å². The van der Waals surface area contributed by atoms with Gasteiger partial charge in [0.05, 0.1) is 6.61 Å². The summed E-state index contributed by atoms with van der Waals surface area (Å²) in [5.74, 6) is 0. The van der Waals surface area contributed by atoms with Crippen molar-refractivity contribution >= 4 is 0 Å². The molecule has 1 unspecified atom stereocenters. The van der Waals surface area contributed by atoms with E-state index in [0.29, 0.717) is 6.04 Å². The Kier molecular flexibility index (Phi) is 4.69. The molecule has 2 aromatic rings. The lowest BCUT2D eigenvalue weighted by Gasteiger charge is -2.34. The standard InChI is InChI=1S/C19H23NO/c21-15-19-8-4-5-13-20(19)14-16-9-11-18(12-10-16)17-6-2-1-3-7-17/h1-3,6-7,9-12,19,21H,4-5,8,13-15H2. The van der Waals surface area contributed by atoms with Crippen LogP contribution in [0.5, 0.6) is 0 Å². The van der Waals surface area contributed by atoms with Crippen molar-refractivity contribution in [2.45, 2.75) is 31.8 Å². The first-order valence-corrected chi connectivity index (χ1v) is 7.86. The van der Waals surface area contributed by atoms with E-state index >= 15 is 0 Å². The Labute approximate surface area is 127 Å². The average molecular weight is 281 g/mol. The van der Waals surface area contributed by atoms with Crippen LogP contribution in [0.2, 0.25) is 0 Å². The van der Waals surface area contributed by atoms with Gasteiger partial charge in [-0.25, -0.2) is 0 Å². The number of aliphatic hydroxyl groups is 1. The molecule has 21 heavy (non-hydrogen) atoms. The third kappa shape index (κ3) is 3.52. The predicted molar refractivity (Wildman–Crippen MR) is 87.0 cm³/mol. The van der Waals surface area contributed by atoms with Crippen molar-refractivity contribution in [3.8, 4) is 11.1 Å². The first-order valence-electron chi connectivity index (χ1n) is 7.86. The summed E-state index contributed by atoms with van der Waals surface area (Å²) in [5.41, 5.74) is 3.85. The van der Waals surface area contributed by atoms with Gasteiger partial charge in [0.2, 0.25) is 0 Å². The molecular weight excluding hydrogens is 258 g/mol. The first-order chi connectivity index (χ1) is 10.4. The highest BCUT2D eigenvalue weighted by molar-refractivity contribution is 5.63. The molecule has 3 rings (SSSR count). The summed E-state index contributed by atoms with van der Waals surface area (Å²) in [6.07, 6.45) is 3.62. The van der Waals surface area contributed by atoms with Gasteiger partial charge in [0.25, 0.3) is 0 Å². The van der Waals surface area contributed by atoms with E-state index < -0.39 is 0 Å². The Morgan fingerprint density at radius 3 is 2.33 bits per heavy atom. The molecule has 0 aromatic heterocycles. The number of rotatable bonds is 4. The second-order valence-corrected chi connectivity index (χ2v) is 5.87. The van der Waals surface area contributed by atoms with Gasteiger partial charge in [0, 0.05) is 12.6 Å². The zero-order chi connectivity index (χ0) is 14.5. The number of likely N-dealkylation sites (tertiary alicyclic amines) is 1. The minimum atomic E-state index is 0.280. The monoisotopic (exact) mass is 281 g/mol. The van der Waals surface area contributed by atoms with Gasteiger partial charge in [-0.05, 0) is 36.1 Å². The van der Waals surface area contributed by atoms with E-state index in [-0.39, 0.29) is 6.61 Å². The summed E-state index contributed by atoms with van der Waals surface area (Å²) in [4.78, 5) is 2.42. The number of nitrogens with zero attached hydrogens (tertiary/aromatic N) is 1. The zero-order valence-corrected chi connectivity index (χ0v) is 12.4. The van der Waals surface area contributed by atoms with E-state index in [1.807, 2.05) is 6.07 Å². The highest BCUT2D eigenvalue weighted by Crippen LogP contribution is 2.22. The highest BCUT2D eigenvalue weighted by atomic mass is 16.3. The maximum Gasteiger partial charge on any atom is 0.0586 e. The summed E-state index contributed by atoms with van der Waals surface area (Å²) in [5, 5.41) is 9.49. The Morgan fingerprint density at radius 1 is 0.905 bits per heavy atom. The number of benzene rings is 2. The Hall–Kier alpha value is -1.64. The summed E-state index contributed by atoms with van der Waals surface area (Å²) in [6, 6.07) is 19.6. The minimum Gasteiger partial charge on any atom is -0.395 e. The van der Waals surface area contributed by atoms with E-state index in [0.717, 1.165) is 19.5 Å². The SMILES string of the molecule is OCC1CCCCN1Cc1ccc(-c2ccccc2)cc1. The molecule has 1 N–H and O–H groups in total. The molecule has 0 amide bonds. The van der Waals surface area contributed by atoms with E-state index in [2.05, 4.69) is 53.4 Å². The summed E-state index contributed by atoms with van der Waals surface area (Å²) < 4.78 is 0. The maximum absolute atomic E-state index is 9.49. The van der Waals surface area contributed by atoms with Crippen LogP contribution >= 0.6 is 0 Å². The molecule has 2 heteroatoms. The van der Waals surface area contributed by atoms with Gasteiger partial charge in [-0.1, -0.05) is 61.0 Å². The van der Waals surface area contributed by atoms with Crippen LogP contribution < -0.4 is 0 Å². The lowest BCUT2D eigenvalue weighted by molar-refractivity contribution is 0.0841. The normalized spacial score (nSPS) is 19.6. The number of aliphatic hydroxyl groups excluding tert-OH is 1. The molecule has 1 atom stereocenters. The molecule has 2 aromatic carbocycles. The van der Waals surface area contributed by atoms with Crippen LogP contribution in [0.4, 0.5) is 0 Å². The third-order valence-electron chi connectivity index (χ3n) is 4.41. The van der Waals surface area contributed by atoms with E-state index in [9.17, 15) is 5.11 Å². The van der Waals surface area contributed by atoms with Gasteiger partial charge in [0.15, 0.2) is 0 Å². The van der Waals surface area contributed by atoms with Gasteiger partial charge >= 0.3 is 0 Å². The van der Waals surface area contributed by atoms with Crippen molar-refractivity contribution in [3.63, 3.8) is 0 Å². The highest BCUT2D eigenvalue weighted by Gasteiger charge is 2.21. The largest absolute Gasteiger partial charge is 0.395 e. The quantitative estimate of drug-likeness (QED) is 0.923. The molecule has 0 saturated carbocycles. The molecule has 1 fully saturated rings. The average Bonchev–Trinajstić information content (AvgIpc) is 2.57. The maximum atomic E-state index is 9.49. The lowest BCUT2D eigenvalue weighted by atomic mass is 10.0. The minimum absolute atomic E-state index is 0.280. The third-order valence-corrected chi connectivity index (χ3v) is 4.41. The Balaban J connectivity index is 1.69. The second-order valence-electron chi connectivity index (χ2n) is 5.87. The lowest BCUT2D eigenvalue weighted by Crippen LogP contribution is -2.41. The number of hydrogen-bond donors (Lipinski definition) is 1. The van der Waals surface area contributed by atoms with Crippen molar-refractivity contribution in [1.29, 1.82) is 0 Å². The van der Waals surface area contributed by atoms with Crippen molar-refractivity contribution in [2.24, 2.45) is 0 Å². The van der Waals surface area contributed by atoms with Crippen molar-refractivity contribution < 1.29 is 5.11 Å². The molecule has 0 aliphatic carbocycles. The Morgan fingerprint density at radius 2 is 1.62 bits per heavy atom. The second kappa shape index (κ2) is 6.88. The fraction of sp³-hybridized carbons (Fsp3) is 0.368. The molecule has 1 heterocycles. The van der Waals surface area contributed by atoms with Crippen LogP contribution in [-0.2, 0) is 6.54 Å². The summed E-state index contributed by atoms with van der Waals surface area (Å²) >= 11 is 0. The molecule has 0 spiro atoms. The molecule has 1 aliphatic rings. The fourth-order valence-electron chi connectivity index (χ4n) is 3.14. The number of hydrogen-bond acceptors (Lipinski definition) is 2. The number of piperidine rings is 1. The summed E-state index contributed by atoms with van der Waals surface area (Å²) in [7, 11) is 0. The topological polar surface area (TPSA) is 23.5 Å². The van der Waals surface area contributed by atoms with Gasteiger partial charge in [-0.3, -0.25) is 4.90 Å². The van der Waals surface area contributed by atoms with Crippen LogP contribution in [0.25, 0.3) is 11.1 Å². The van der Waals surface area contributed by atoms with Gasteiger partial charge in [0.1, 0.15) is 0 Å². The van der Waals surface area contributed by atoms with Gasteiger partial charge in [-0.15, -0.1) is 0 Å². The molecule has 110 valence electrons. The van der Waals surface area contributed by atoms with Crippen LogP contribution in [0.15, 0.2) is 54.6 Å². The molecular formula is C19H23NO. The smallest absolute Gasteiger partial charge is 0.0586 e. The van der Waals surface area contributed by atoms with Crippen molar-refractivity contribution in [3.05, 3.63) is 60.2 Å².